The van der Waals surface area contributed by atoms with E-state index >= 15 is 0 Å². The van der Waals surface area contributed by atoms with Crippen LogP contribution in [0.15, 0.2) is 40.9 Å². The monoisotopic (exact) mass is 314 g/mol. The third kappa shape index (κ3) is 3.55. The van der Waals surface area contributed by atoms with E-state index in [2.05, 4.69) is 19.0 Å². The molecule has 2 atom stereocenters. The van der Waals surface area contributed by atoms with Crippen molar-refractivity contribution in [2.24, 2.45) is 0 Å². The summed E-state index contributed by atoms with van der Waals surface area (Å²) in [5.41, 5.74) is 1.04. The average molecular weight is 314 g/mol. The van der Waals surface area contributed by atoms with Crippen molar-refractivity contribution in [2.45, 2.75) is 51.8 Å². The number of carbonyl (C=O) groups excluding carboxylic acids is 1. The van der Waals surface area contributed by atoms with Crippen LogP contribution in [0.5, 0.6) is 5.88 Å². The van der Waals surface area contributed by atoms with Gasteiger partial charge in [0.2, 0.25) is 5.76 Å². The van der Waals surface area contributed by atoms with E-state index in [9.17, 15) is 4.79 Å². The number of aromatic nitrogens is 1. The molecule has 1 saturated heterocycles. The normalized spacial score (nSPS) is 21.2. The van der Waals surface area contributed by atoms with E-state index in [1.807, 2.05) is 35.2 Å². The number of piperidine rings is 1. The maximum absolute atomic E-state index is 12.6. The topological polar surface area (TPSA) is 55.6 Å². The molecule has 0 aliphatic carbocycles. The van der Waals surface area contributed by atoms with Gasteiger partial charge >= 0.3 is 0 Å². The molecule has 0 radical (unpaired) electrons. The maximum Gasteiger partial charge on any atom is 0.293 e. The molecule has 3 rings (SSSR count). The van der Waals surface area contributed by atoms with Crippen molar-refractivity contribution >= 4 is 5.91 Å². The van der Waals surface area contributed by atoms with Crippen LogP contribution in [0.2, 0.25) is 0 Å². The lowest BCUT2D eigenvalue weighted by Crippen LogP contribution is -2.47. The highest BCUT2D eigenvalue weighted by molar-refractivity contribution is 5.92. The average Bonchev–Trinajstić information content (AvgIpc) is 3.02. The van der Waals surface area contributed by atoms with Gasteiger partial charge in [0.05, 0.1) is 6.07 Å². The first-order chi connectivity index (χ1) is 11.1. The number of hydrogen-bond donors (Lipinski definition) is 0. The van der Waals surface area contributed by atoms with E-state index in [0.717, 1.165) is 24.8 Å². The molecule has 2 unspecified atom stereocenters. The molecule has 2 heterocycles. The fourth-order valence-corrected chi connectivity index (χ4v) is 3.11. The van der Waals surface area contributed by atoms with Gasteiger partial charge in [-0.05, 0) is 43.8 Å². The van der Waals surface area contributed by atoms with Crippen LogP contribution in [0.3, 0.4) is 0 Å². The summed E-state index contributed by atoms with van der Waals surface area (Å²) in [5.74, 6) is 0.481. The Morgan fingerprint density at radius 1 is 1.26 bits per heavy atom. The van der Waals surface area contributed by atoms with Crippen LogP contribution in [0, 0.1) is 0 Å². The second kappa shape index (κ2) is 6.86. The van der Waals surface area contributed by atoms with Crippen LogP contribution in [-0.2, 0) is 6.61 Å². The molecule has 5 nitrogen and oxygen atoms in total. The zero-order chi connectivity index (χ0) is 16.2. The number of ether oxygens (including phenoxy) is 1. The lowest BCUT2D eigenvalue weighted by atomic mass is 9.97. The first kappa shape index (κ1) is 15.6. The highest BCUT2D eigenvalue weighted by Crippen LogP contribution is 2.25. The second-order valence-electron chi connectivity index (χ2n) is 6.15. The lowest BCUT2D eigenvalue weighted by molar-refractivity contribution is 0.0469. The zero-order valence-corrected chi connectivity index (χ0v) is 13.6. The first-order valence-corrected chi connectivity index (χ1v) is 8.11. The van der Waals surface area contributed by atoms with E-state index in [4.69, 9.17) is 9.26 Å². The molecule has 1 aliphatic heterocycles. The van der Waals surface area contributed by atoms with Crippen LogP contribution in [0.1, 0.15) is 49.2 Å². The minimum atomic E-state index is -0.105. The summed E-state index contributed by atoms with van der Waals surface area (Å²) in [5, 5.41) is 3.85. The molecular formula is C18H22N2O3. The summed E-state index contributed by atoms with van der Waals surface area (Å²) < 4.78 is 10.8. The molecule has 0 saturated carbocycles. The number of benzene rings is 1. The molecule has 23 heavy (non-hydrogen) atoms. The SMILES string of the molecule is CC1CCCC(C)N1C(=O)c1cc(OCc2ccccc2)no1. The predicted octanol–water partition coefficient (Wildman–Crippen LogP) is 3.66. The van der Waals surface area contributed by atoms with Crippen molar-refractivity contribution in [1.29, 1.82) is 0 Å². The molecule has 0 N–H and O–H groups in total. The van der Waals surface area contributed by atoms with Crippen molar-refractivity contribution in [1.82, 2.24) is 10.1 Å². The number of nitrogens with zero attached hydrogens (tertiary/aromatic N) is 2. The third-order valence-electron chi connectivity index (χ3n) is 4.36. The Kier molecular flexibility index (Phi) is 4.65. The predicted molar refractivity (Wildman–Crippen MR) is 86.2 cm³/mol. The zero-order valence-electron chi connectivity index (χ0n) is 13.6. The highest BCUT2D eigenvalue weighted by Gasteiger charge is 2.31. The highest BCUT2D eigenvalue weighted by atomic mass is 16.5. The minimum absolute atomic E-state index is 0.105. The molecule has 0 spiro atoms. The Morgan fingerprint density at radius 3 is 2.65 bits per heavy atom. The molecule has 0 bridgehead atoms. The van der Waals surface area contributed by atoms with Crippen molar-refractivity contribution in [3.8, 4) is 5.88 Å². The lowest BCUT2D eigenvalue weighted by Gasteiger charge is -2.38. The smallest absolute Gasteiger partial charge is 0.293 e. The Hall–Kier alpha value is -2.30. The number of carbonyl (C=O) groups is 1. The van der Waals surface area contributed by atoms with E-state index in [1.165, 1.54) is 0 Å². The maximum atomic E-state index is 12.6. The van der Waals surface area contributed by atoms with E-state index in [0.29, 0.717) is 12.5 Å². The standard InChI is InChI=1S/C18H22N2O3/c1-13-7-6-8-14(2)20(13)18(21)16-11-17(19-23-16)22-12-15-9-4-3-5-10-15/h3-5,9-11,13-14H,6-8,12H2,1-2H3. The van der Waals surface area contributed by atoms with Gasteiger partial charge < -0.3 is 14.2 Å². The van der Waals surface area contributed by atoms with Crippen molar-refractivity contribution < 1.29 is 14.1 Å². The molecule has 1 aromatic heterocycles. The molecular weight excluding hydrogens is 292 g/mol. The van der Waals surface area contributed by atoms with Gasteiger partial charge in [-0.25, -0.2) is 0 Å². The van der Waals surface area contributed by atoms with Crippen LogP contribution in [0.25, 0.3) is 0 Å². The van der Waals surface area contributed by atoms with Crippen molar-refractivity contribution in [3.63, 3.8) is 0 Å². The number of amides is 1. The van der Waals surface area contributed by atoms with Gasteiger partial charge in [0.15, 0.2) is 0 Å². The Morgan fingerprint density at radius 2 is 1.96 bits per heavy atom. The summed E-state index contributed by atoms with van der Waals surface area (Å²) in [4.78, 5) is 14.5. The van der Waals surface area contributed by atoms with Gasteiger partial charge in [-0.3, -0.25) is 4.79 Å². The fourth-order valence-electron chi connectivity index (χ4n) is 3.11. The van der Waals surface area contributed by atoms with Gasteiger partial charge in [-0.1, -0.05) is 30.3 Å². The van der Waals surface area contributed by atoms with Gasteiger partial charge in [-0.15, -0.1) is 0 Å². The fraction of sp³-hybridized carbons (Fsp3) is 0.444. The summed E-state index contributed by atoms with van der Waals surface area (Å²) in [7, 11) is 0. The van der Waals surface area contributed by atoms with Crippen LogP contribution in [-0.4, -0.2) is 28.0 Å². The summed E-state index contributed by atoms with van der Waals surface area (Å²) >= 11 is 0. The van der Waals surface area contributed by atoms with Gasteiger partial charge in [0.1, 0.15) is 6.61 Å². The molecule has 2 aromatic rings. The van der Waals surface area contributed by atoms with Crippen LogP contribution >= 0.6 is 0 Å². The second-order valence-corrected chi connectivity index (χ2v) is 6.15. The van der Waals surface area contributed by atoms with Gasteiger partial charge in [0.25, 0.3) is 11.8 Å². The summed E-state index contributed by atoms with van der Waals surface area (Å²) in [6, 6.07) is 11.9. The molecule has 1 fully saturated rings. The number of hydrogen-bond acceptors (Lipinski definition) is 4. The van der Waals surface area contributed by atoms with Crippen LogP contribution < -0.4 is 4.74 Å². The molecule has 1 aliphatic rings. The van der Waals surface area contributed by atoms with Gasteiger partial charge in [-0.2, -0.15) is 0 Å². The number of likely N-dealkylation sites (tertiary alicyclic amines) is 1. The van der Waals surface area contributed by atoms with Crippen LogP contribution in [0.4, 0.5) is 0 Å². The molecule has 1 aromatic carbocycles. The molecule has 5 heteroatoms. The van der Waals surface area contributed by atoms with E-state index in [-0.39, 0.29) is 23.8 Å². The molecule has 1 amide bonds. The van der Waals surface area contributed by atoms with E-state index < -0.39 is 0 Å². The Bertz CT molecular complexity index is 643. The summed E-state index contributed by atoms with van der Waals surface area (Å²) in [6.45, 7) is 4.56. The Balaban J connectivity index is 1.65. The molecule has 122 valence electrons. The Labute approximate surface area is 136 Å². The largest absolute Gasteiger partial charge is 0.471 e. The first-order valence-electron chi connectivity index (χ1n) is 8.11. The van der Waals surface area contributed by atoms with Gasteiger partial charge in [0, 0.05) is 12.1 Å². The summed E-state index contributed by atoms with van der Waals surface area (Å²) in [6.07, 6.45) is 3.22. The number of rotatable bonds is 4. The van der Waals surface area contributed by atoms with E-state index in [1.54, 1.807) is 6.07 Å². The minimum Gasteiger partial charge on any atom is -0.471 e. The third-order valence-corrected chi connectivity index (χ3v) is 4.36. The van der Waals surface area contributed by atoms with Crippen molar-refractivity contribution in [3.05, 3.63) is 47.7 Å². The van der Waals surface area contributed by atoms with Crippen molar-refractivity contribution in [2.75, 3.05) is 0 Å². The quantitative estimate of drug-likeness (QED) is 0.864.